The SMILES string of the molecule is CC(Oc1ccc(Cc2sc(=O)[nH]c2O)cc1)c1nc2ccc(Oc3ccc(CCN)cc3)cc2[nH]1. The molecule has 5 aromatic rings. The summed E-state index contributed by atoms with van der Waals surface area (Å²) in [5.74, 6) is 2.81. The Balaban J connectivity index is 1.24. The largest absolute Gasteiger partial charge is 0.494 e. The van der Waals surface area contributed by atoms with E-state index in [0.717, 1.165) is 40.1 Å². The molecule has 0 fully saturated rings. The third-order valence-electron chi connectivity index (χ3n) is 5.75. The van der Waals surface area contributed by atoms with E-state index in [2.05, 4.69) is 15.0 Å². The zero-order chi connectivity index (χ0) is 25.1. The number of nitrogens with two attached hydrogens (primary N) is 1. The maximum atomic E-state index is 11.4. The third kappa shape index (κ3) is 5.42. The van der Waals surface area contributed by atoms with E-state index in [1.54, 1.807) is 0 Å². The minimum Gasteiger partial charge on any atom is -0.494 e. The summed E-state index contributed by atoms with van der Waals surface area (Å²) in [7, 11) is 0. The second kappa shape index (κ2) is 10.3. The highest BCUT2D eigenvalue weighted by molar-refractivity contribution is 7.09. The van der Waals surface area contributed by atoms with Crippen molar-refractivity contribution in [3.8, 4) is 23.1 Å². The predicted octanol–water partition coefficient (Wildman–Crippen LogP) is 5.04. The average Bonchev–Trinajstić information content (AvgIpc) is 3.43. The van der Waals surface area contributed by atoms with Gasteiger partial charge in [-0.1, -0.05) is 35.6 Å². The summed E-state index contributed by atoms with van der Waals surface area (Å²) < 4.78 is 12.1. The molecule has 0 saturated heterocycles. The van der Waals surface area contributed by atoms with E-state index >= 15 is 0 Å². The van der Waals surface area contributed by atoms with Gasteiger partial charge in [0, 0.05) is 12.5 Å². The van der Waals surface area contributed by atoms with Crippen molar-refractivity contribution < 1.29 is 14.6 Å². The van der Waals surface area contributed by atoms with E-state index in [0.29, 0.717) is 35.2 Å². The summed E-state index contributed by atoms with van der Waals surface area (Å²) in [5, 5.41) is 9.78. The molecular weight excluding hydrogens is 476 g/mol. The first kappa shape index (κ1) is 23.7. The Bertz CT molecular complexity index is 1520. The Hall–Kier alpha value is -4.08. The van der Waals surface area contributed by atoms with Crippen LogP contribution in [0.5, 0.6) is 23.1 Å². The van der Waals surface area contributed by atoms with Gasteiger partial charge in [0.15, 0.2) is 6.10 Å². The van der Waals surface area contributed by atoms with Crippen LogP contribution in [0.15, 0.2) is 71.5 Å². The third-order valence-corrected chi connectivity index (χ3v) is 6.62. The minimum absolute atomic E-state index is 0.0715. The van der Waals surface area contributed by atoms with Crippen LogP contribution in [0.3, 0.4) is 0 Å². The standard InChI is InChI=1S/C27H26N4O4S/c1-16(34-19-8-4-18(5-9-19)14-24-26(32)31-27(33)36-24)25-29-22-11-10-21(15-23(22)30-25)35-20-6-2-17(3-7-20)12-13-28/h2-11,15-16,32H,12-14,28H2,1H3,(H,29,30)(H,31,33). The number of nitrogens with zero attached hydrogens (tertiary/aromatic N) is 1. The van der Waals surface area contributed by atoms with Crippen LogP contribution in [0.2, 0.25) is 0 Å². The maximum Gasteiger partial charge on any atom is 0.307 e. The Kier molecular flexibility index (Phi) is 6.75. The zero-order valence-corrected chi connectivity index (χ0v) is 20.5. The Morgan fingerprint density at radius 2 is 1.67 bits per heavy atom. The average molecular weight is 503 g/mol. The van der Waals surface area contributed by atoms with Gasteiger partial charge in [-0.2, -0.15) is 0 Å². The molecule has 0 aliphatic heterocycles. The number of hydrogen-bond acceptors (Lipinski definition) is 7. The lowest BCUT2D eigenvalue weighted by Crippen LogP contribution is -2.05. The number of fused-ring (bicyclic) bond motifs is 1. The topological polar surface area (TPSA) is 126 Å². The Morgan fingerprint density at radius 3 is 2.36 bits per heavy atom. The van der Waals surface area contributed by atoms with Gasteiger partial charge in [0.1, 0.15) is 23.1 Å². The van der Waals surface area contributed by atoms with Crippen molar-refractivity contribution in [3.05, 3.63) is 98.2 Å². The van der Waals surface area contributed by atoms with Crippen molar-refractivity contribution in [2.45, 2.75) is 25.9 Å². The highest BCUT2D eigenvalue weighted by atomic mass is 32.1. The molecule has 5 N–H and O–H groups in total. The number of benzene rings is 3. The number of H-pyrrole nitrogens is 2. The summed E-state index contributed by atoms with van der Waals surface area (Å²) in [4.78, 5) is 22.1. The van der Waals surface area contributed by atoms with Crippen molar-refractivity contribution in [2.24, 2.45) is 5.73 Å². The first-order valence-corrected chi connectivity index (χ1v) is 12.4. The molecule has 0 aliphatic rings. The molecule has 2 heterocycles. The number of thiazole rings is 1. The summed E-state index contributed by atoms with van der Waals surface area (Å²) in [6.07, 6.45) is 1.01. The molecule has 0 spiro atoms. The molecule has 0 radical (unpaired) electrons. The van der Waals surface area contributed by atoms with Gasteiger partial charge in [-0.3, -0.25) is 9.78 Å². The van der Waals surface area contributed by atoms with Crippen LogP contribution in [0.25, 0.3) is 11.0 Å². The zero-order valence-electron chi connectivity index (χ0n) is 19.7. The molecule has 2 aromatic heterocycles. The summed E-state index contributed by atoms with van der Waals surface area (Å²) in [6.45, 7) is 2.55. The van der Waals surface area contributed by atoms with Gasteiger partial charge in [0.25, 0.3) is 0 Å². The fraction of sp³-hybridized carbons (Fsp3) is 0.185. The molecule has 5 rings (SSSR count). The van der Waals surface area contributed by atoms with Crippen LogP contribution >= 0.6 is 11.3 Å². The second-order valence-corrected chi connectivity index (χ2v) is 9.52. The van der Waals surface area contributed by atoms with Gasteiger partial charge in [-0.25, -0.2) is 4.98 Å². The Labute approximate surface area is 211 Å². The van der Waals surface area contributed by atoms with E-state index in [1.165, 1.54) is 5.56 Å². The molecule has 0 amide bonds. The van der Waals surface area contributed by atoms with Gasteiger partial charge in [0.05, 0.1) is 15.9 Å². The van der Waals surface area contributed by atoms with Crippen molar-refractivity contribution in [2.75, 3.05) is 6.54 Å². The fourth-order valence-corrected chi connectivity index (χ4v) is 4.65. The number of aromatic amines is 2. The lowest BCUT2D eigenvalue weighted by Gasteiger charge is -2.12. The molecule has 1 unspecified atom stereocenters. The van der Waals surface area contributed by atoms with E-state index < -0.39 is 0 Å². The maximum absolute atomic E-state index is 11.4. The van der Waals surface area contributed by atoms with Gasteiger partial charge >= 0.3 is 4.87 Å². The van der Waals surface area contributed by atoms with Crippen molar-refractivity contribution >= 4 is 22.4 Å². The molecule has 0 saturated carbocycles. The van der Waals surface area contributed by atoms with Crippen LogP contribution in [0.4, 0.5) is 0 Å². The van der Waals surface area contributed by atoms with Gasteiger partial charge in [0.2, 0.25) is 5.88 Å². The monoisotopic (exact) mass is 502 g/mol. The molecule has 184 valence electrons. The smallest absolute Gasteiger partial charge is 0.307 e. The predicted molar refractivity (Wildman–Crippen MR) is 140 cm³/mol. The number of imidazole rings is 1. The van der Waals surface area contributed by atoms with Crippen LogP contribution < -0.4 is 20.1 Å². The molecular formula is C27H26N4O4S. The minimum atomic E-state index is -0.304. The normalized spacial score (nSPS) is 12.1. The number of aromatic hydroxyl groups is 1. The molecule has 1 atom stereocenters. The number of rotatable bonds is 9. The molecule has 36 heavy (non-hydrogen) atoms. The molecule has 3 aromatic carbocycles. The molecule has 0 bridgehead atoms. The van der Waals surface area contributed by atoms with Gasteiger partial charge in [-0.05, 0) is 67.4 Å². The first-order chi connectivity index (χ1) is 17.5. The van der Waals surface area contributed by atoms with E-state index in [9.17, 15) is 9.90 Å². The Morgan fingerprint density at radius 1 is 0.972 bits per heavy atom. The van der Waals surface area contributed by atoms with Crippen LogP contribution in [-0.2, 0) is 12.8 Å². The van der Waals surface area contributed by atoms with Crippen LogP contribution in [0.1, 0.15) is 34.9 Å². The van der Waals surface area contributed by atoms with E-state index in [1.807, 2.05) is 73.7 Å². The van der Waals surface area contributed by atoms with Crippen molar-refractivity contribution in [3.63, 3.8) is 0 Å². The second-order valence-electron chi connectivity index (χ2n) is 8.45. The lowest BCUT2D eigenvalue weighted by atomic mass is 10.1. The van der Waals surface area contributed by atoms with Crippen LogP contribution in [0, 0.1) is 0 Å². The summed E-state index contributed by atoms with van der Waals surface area (Å²) in [5.41, 5.74) is 9.44. The highest BCUT2D eigenvalue weighted by Gasteiger charge is 2.14. The molecule has 0 aliphatic carbocycles. The lowest BCUT2D eigenvalue weighted by molar-refractivity contribution is 0.218. The van der Waals surface area contributed by atoms with Crippen molar-refractivity contribution in [1.82, 2.24) is 15.0 Å². The molecule has 9 heteroatoms. The van der Waals surface area contributed by atoms with E-state index in [4.69, 9.17) is 15.2 Å². The number of hydrogen-bond donors (Lipinski definition) is 4. The number of nitrogens with one attached hydrogen (secondary N) is 2. The highest BCUT2D eigenvalue weighted by Crippen LogP contribution is 2.28. The van der Waals surface area contributed by atoms with Crippen molar-refractivity contribution in [1.29, 1.82) is 0 Å². The van der Waals surface area contributed by atoms with Crippen LogP contribution in [-0.4, -0.2) is 26.6 Å². The summed E-state index contributed by atoms with van der Waals surface area (Å²) in [6, 6.07) is 21.2. The van der Waals surface area contributed by atoms with Gasteiger partial charge < -0.3 is 25.3 Å². The van der Waals surface area contributed by atoms with Gasteiger partial charge in [-0.15, -0.1) is 0 Å². The number of ether oxygens (including phenoxy) is 2. The summed E-state index contributed by atoms with van der Waals surface area (Å²) >= 11 is 1.01. The molecule has 8 nitrogen and oxygen atoms in total. The fourth-order valence-electron chi connectivity index (χ4n) is 3.89. The quantitative estimate of drug-likeness (QED) is 0.224. The van der Waals surface area contributed by atoms with E-state index in [-0.39, 0.29) is 16.9 Å². The first-order valence-electron chi connectivity index (χ1n) is 11.6. The number of aromatic nitrogens is 3.